The summed E-state index contributed by atoms with van der Waals surface area (Å²) in [4.78, 5) is 8.30. The van der Waals surface area contributed by atoms with E-state index in [4.69, 9.17) is 10.5 Å². The first-order valence-electron chi connectivity index (χ1n) is 9.34. The number of nitrogens with one attached hydrogen (secondary N) is 1. The smallest absolute Gasteiger partial charge is 0.338 e. The van der Waals surface area contributed by atoms with Crippen LogP contribution in [0.4, 0.5) is 5.82 Å². The minimum absolute atomic E-state index is 0.0178. The Morgan fingerprint density at radius 1 is 1.35 bits per heavy atom. The summed E-state index contributed by atoms with van der Waals surface area (Å²) in [5, 5.41) is 28.3. The van der Waals surface area contributed by atoms with E-state index in [0.29, 0.717) is 17.8 Å². The van der Waals surface area contributed by atoms with Crippen LogP contribution in [0, 0.1) is 5.92 Å². The molecule has 0 bridgehead atoms. The summed E-state index contributed by atoms with van der Waals surface area (Å²) in [6.45, 7) is 3.86. The number of hydrogen-bond donors (Lipinski definition) is 4. The zero-order valence-electron chi connectivity index (χ0n) is 15.1. The molecule has 0 amide bonds. The lowest BCUT2D eigenvalue weighted by molar-refractivity contribution is -0.0317. The molecule has 9 nitrogen and oxygen atoms in total. The summed E-state index contributed by atoms with van der Waals surface area (Å²) >= 11 is 0. The molecule has 2 aromatic heterocycles. The molecule has 144 valence electrons. The second kappa shape index (κ2) is 8.61. The van der Waals surface area contributed by atoms with E-state index in [1.54, 1.807) is 6.20 Å². The molecule has 3 heterocycles. The number of piperidine rings is 1. The average molecular weight is 364 g/mol. The van der Waals surface area contributed by atoms with Crippen molar-refractivity contribution in [2.45, 2.75) is 57.8 Å². The van der Waals surface area contributed by atoms with Crippen molar-refractivity contribution in [3.8, 4) is 6.01 Å². The van der Waals surface area contributed by atoms with Crippen LogP contribution in [-0.4, -0.2) is 49.2 Å². The molecule has 1 fully saturated rings. The van der Waals surface area contributed by atoms with Gasteiger partial charge in [-0.3, -0.25) is 0 Å². The molecule has 9 heteroatoms. The van der Waals surface area contributed by atoms with Crippen LogP contribution in [0.3, 0.4) is 0 Å². The molecule has 1 aliphatic rings. The summed E-state index contributed by atoms with van der Waals surface area (Å²) in [5.74, 6) is 0.288. The monoisotopic (exact) mass is 364 g/mol. The second-order valence-corrected chi connectivity index (χ2v) is 6.80. The van der Waals surface area contributed by atoms with Crippen molar-refractivity contribution >= 4 is 11.5 Å². The average Bonchev–Trinajstić information content (AvgIpc) is 3.06. The Labute approximate surface area is 152 Å². The number of nitrogens with zero attached hydrogens (tertiary/aromatic N) is 4. The molecule has 0 aliphatic carbocycles. The number of aliphatic hydroxyl groups excluding tert-OH is 2. The van der Waals surface area contributed by atoms with E-state index in [1.165, 1.54) is 4.52 Å². The molecule has 3 rings (SSSR count). The van der Waals surface area contributed by atoms with Gasteiger partial charge < -0.3 is 26.0 Å². The third-order valence-electron chi connectivity index (χ3n) is 4.82. The molecule has 0 aromatic carbocycles. The second-order valence-electron chi connectivity index (χ2n) is 6.80. The van der Waals surface area contributed by atoms with Crippen molar-refractivity contribution < 1.29 is 14.9 Å². The Balaban J connectivity index is 1.79. The van der Waals surface area contributed by atoms with Crippen molar-refractivity contribution in [1.29, 1.82) is 0 Å². The van der Waals surface area contributed by atoms with Gasteiger partial charge in [0.05, 0.1) is 11.9 Å². The molecule has 0 saturated carbocycles. The van der Waals surface area contributed by atoms with E-state index in [2.05, 4.69) is 27.3 Å². The van der Waals surface area contributed by atoms with Crippen LogP contribution in [-0.2, 0) is 0 Å². The maximum Gasteiger partial charge on any atom is 0.338 e. The fourth-order valence-electron chi connectivity index (χ4n) is 3.30. The van der Waals surface area contributed by atoms with Gasteiger partial charge in [0.1, 0.15) is 6.10 Å². The van der Waals surface area contributed by atoms with Gasteiger partial charge in [0.15, 0.2) is 11.5 Å². The van der Waals surface area contributed by atoms with Crippen LogP contribution in [0.1, 0.15) is 57.2 Å². The zero-order chi connectivity index (χ0) is 18.5. The molecule has 0 radical (unpaired) electrons. The van der Waals surface area contributed by atoms with E-state index in [1.807, 2.05) is 0 Å². The van der Waals surface area contributed by atoms with E-state index in [-0.39, 0.29) is 17.7 Å². The SMILES string of the molecule is CCCCCC(O)Oc1nc(N)c2ncc(C(O)C3CCNCC3)n2n1. The van der Waals surface area contributed by atoms with Crippen LogP contribution in [0.15, 0.2) is 6.20 Å². The molecule has 1 aliphatic heterocycles. The lowest BCUT2D eigenvalue weighted by Gasteiger charge is -2.26. The van der Waals surface area contributed by atoms with Crippen molar-refractivity contribution in [2.75, 3.05) is 18.8 Å². The largest absolute Gasteiger partial charge is 0.433 e. The lowest BCUT2D eigenvalue weighted by Crippen LogP contribution is -2.31. The maximum atomic E-state index is 10.8. The van der Waals surface area contributed by atoms with Crippen molar-refractivity contribution in [3.05, 3.63) is 11.9 Å². The van der Waals surface area contributed by atoms with Gasteiger partial charge in [0.25, 0.3) is 0 Å². The molecule has 26 heavy (non-hydrogen) atoms. The van der Waals surface area contributed by atoms with Gasteiger partial charge in [0, 0.05) is 6.42 Å². The third-order valence-corrected chi connectivity index (χ3v) is 4.82. The van der Waals surface area contributed by atoms with Crippen LogP contribution in [0.2, 0.25) is 0 Å². The number of anilines is 1. The molecule has 2 aromatic rings. The Morgan fingerprint density at radius 2 is 2.12 bits per heavy atom. The number of hydrogen-bond acceptors (Lipinski definition) is 8. The Morgan fingerprint density at radius 3 is 2.85 bits per heavy atom. The van der Waals surface area contributed by atoms with Gasteiger partial charge >= 0.3 is 6.01 Å². The standard InChI is InChI=1S/C17H28N6O3/c1-2-3-4-5-13(24)26-17-21-15(18)16-20-10-12(23(16)22-17)14(25)11-6-8-19-9-7-11/h10-11,13-14,19,24-25H,2-9H2,1H3,(H2,18,21,22). The minimum atomic E-state index is -0.986. The highest BCUT2D eigenvalue weighted by Gasteiger charge is 2.27. The summed E-state index contributed by atoms with van der Waals surface area (Å²) in [6.07, 6.45) is 5.12. The van der Waals surface area contributed by atoms with Gasteiger partial charge in [-0.2, -0.15) is 4.98 Å². The Hall–Kier alpha value is -1.97. The van der Waals surface area contributed by atoms with Crippen molar-refractivity contribution in [1.82, 2.24) is 24.9 Å². The molecule has 1 saturated heterocycles. The number of rotatable bonds is 8. The lowest BCUT2D eigenvalue weighted by atomic mass is 9.91. The number of imidazole rings is 1. The van der Waals surface area contributed by atoms with Gasteiger partial charge in [-0.15, -0.1) is 5.10 Å². The summed E-state index contributed by atoms with van der Waals surface area (Å²) in [5.41, 5.74) is 6.90. The third kappa shape index (κ3) is 4.22. The van der Waals surface area contributed by atoms with Crippen molar-refractivity contribution in [2.24, 2.45) is 5.92 Å². The molecular weight excluding hydrogens is 336 g/mol. The normalized spacial score (nSPS) is 18.1. The topological polar surface area (TPSA) is 131 Å². The predicted molar refractivity (Wildman–Crippen MR) is 96.5 cm³/mol. The van der Waals surface area contributed by atoms with Crippen LogP contribution in [0.5, 0.6) is 6.01 Å². The summed E-state index contributed by atoms with van der Waals surface area (Å²) in [7, 11) is 0. The van der Waals surface area contributed by atoms with E-state index >= 15 is 0 Å². The van der Waals surface area contributed by atoms with Crippen molar-refractivity contribution in [3.63, 3.8) is 0 Å². The molecule has 5 N–H and O–H groups in total. The maximum absolute atomic E-state index is 10.8. The predicted octanol–water partition coefficient (Wildman–Crippen LogP) is 1.02. The fraction of sp³-hybridized carbons (Fsp3) is 0.706. The van der Waals surface area contributed by atoms with E-state index in [0.717, 1.165) is 45.2 Å². The zero-order valence-corrected chi connectivity index (χ0v) is 15.1. The van der Waals surface area contributed by atoms with E-state index < -0.39 is 12.4 Å². The van der Waals surface area contributed by atoms with Gasteiger partial charge in [-0.25, -0.2) is 9.50 Å². The number of aromatic nitrogens is 4. The van der Waals surface area contributed by atoms with Gasteiger partial charge in [-0.05, 0) is 38.3 Å². The van der Waals surface area contributed by atoms with Gasteiger partial charge in [0.2, 0.25) is 6.29 Å². The number of aliphatic hydroxyl groups is 2. The number of ether oxygens (including phenoxy) is 1. The van der Waals surface area contributed by atoms with Crippen LogP contribution in [0.25, 0.3) is 5.65 Å². The number of fused-ring (bicyclic) bond motifs is 1. The molecule has 0 spiro atoms. The highest BCUT2D eigenvalue weighted by Crippen LogP contribution is 2.29. The molecular formula is C17H28N6O3. The molecule has 2 unspecified atom stereocenters. The first-order chi connectivity index (χ1) is 12.6. The van der Waals surface area contributed by atoms with Gasteiger partial charge in [-0.1, -0.05) is 19.8 Å². The highest BCUT2D eigenvalue weighted by molar-refractivity contribution is 5.59. The first kappa shape index (κ1) is 18.8. The number of unbranched alkanes of at least 4 members (excludes halogenated alkanes) is 2. The minimum Gasteiger partial charge on any atom is -0.433 e. The quantitative estimate of drug-likeness (QED) is 0.403. The summed E-state index contributed by atoms with van der Waals surface area (Å²) in [6, 6.07) is -0.0178. The highest BCUT2D eigenvalue weighted by atomic mass is 16.6. The van der Waals surface area contributed by atoms with Crippen LogP contribution < -0.4 is 15.8 Å². The fourth-order valence-corrected chi connectivity index (χ4v) is 3.30. The number of nitrogen functional groups attached to an aromatic ring is 1. The Kier molecular flexibility index (Phi) is 6.23. The molecule has 2 atom stereocenters. The van der Waals surface area contributed by atoms with E-state index in [9.17, 15) is 10.2 Å². The number of nitrogens with two attached hydrogens (primary N) is 1. The Bertz CT molecular complexity index is 716. The van der Waals surface area contributed by atoms with Crippen LogP contribution >= 0.6 is 0 Å². The summed E-state index contributed by atoms with van der Waals surface area (Å²) < 4.78 is 6.89. The first-order valence-corrected chi connectivity index (χ1v) is 9.34.